The number of hydrogen-bond acceptors (Lipinski definition) is 4. The van der Waals surface area contributed by atoms with Crippen LogP contribution in [0.2, 0.25) is 0 Å². The third-order valence-electron chi connectivity index (χ3n) is 3.21. The van der Waals surface area contributed by atoms with Crippen molar-refractivity contribution in [2.24, 2.45) is 5.73 Å². The summed E-state index contributed by atoms with van der Waals surface area (Å²) in [5.74, 6) is 1.09. The smallest absolute Gasteiger partial charge is 0.243 e. The summed E-state index contributed by atoms with van der Waals surface area (Å²) >= 11 is 0. The van der Waals surface area contributed by atoms with Gasteiger partial charge in [0, 0.05) is 5.56 Å². The van der Waals surface area contributed by atoms with Crippen molar-refractivity contribution in [3.63, 3.8) is 0 Å². The van der Waals surface area contributed by atoms with Crippen molar-refractivity contribution in [2.75, 3.05) is 0 Å². The van der Waals surface area contributed by atoms with Crippen LogP contribution in [0.3, 0.4) is 0 Å². The summed E-state index contributed by atoms with van der Waals surface area (Å²) in [6, 6.07) is 8.06. The molecule has 0 fully saturated rings. The van der Waals surface area contributed by atoms with Crippen LogP contribution < -0.4 is 5.73 Å². The summed E-state index contributed by atoms with van der Waals surface area (Å²) in [6.45, 7) is 8.56. The van der Waals surface area contributed by atoms with Crippen molar-refractivity contribution >= 4 is 0 Å². The van der Waals surface area contributed by atoms with Gasteiger partial charge in [0.15, 0.2) is 0 Å². The van der Waals surface area contributed by atoms with Crippen molar-refractivity contribution < 1.29 is 4.52 Å². The topological polar surface area (TPSA) is 64.9 Å². The predicted octanol–water partition coefficient (Wildman–Crippen LogP) is 3.44. The first-order valence-corrected chi connectivity index (χ1v) is 6.62. The Morgan fingerprint density at radius 3 is 2.37 bits per heavy atom. The van der Waals surface area contributed by atoms with E-state index in [0.717, 1.165) is 12.0 Å². The number of aromatic nitrogens is 2. The molecule has 0 aliphatic rings. The Morgan fingerprint density at radius 1 is 1.21 bits per heavy atom. The Labute approximate surface area is 114 Å². The highest BCUT2D eigenvalue weighted by Crippen LogP contribution is 2.25. The molecule has 0 aliphatic carbocycles. The van der Waals surface area contributed by atoms with Crippen LogP contribution in [-0.4, -0.2) is 10.1 Å². The molecule has 1 aromatic carbocycles. The van der Waals surface area contributed by atoms with Crippen LogP contribution in [0.1, 0.15) is 51.6 Å². The van der Waals surface area contributed by atoms with E-state index >= 15 is 0 Å². The third-order valence-corrected chi connectivity index (χ3v) is 3.21. The third kappa shape index (κ3) is 3.01. The fourth-order valence-electron chi connectivity index (χ4n) is 1.80. The molecule has 0 radical (unpaired) electrons. The molecule has 0 saturated heterocycles. The highest BCUT2D eigenvalue weighted by molar-refractivity contribution is 5.55. The zero-order valence-electron chi connectivity index (χ0n) is 12.0. The molecule has 4 heteroatoms. The quantitative estimate of drug-likeness (QED) is 0.917. The van der Waals surface area contributed by atoms with E-state index in [-0.39, 0.29) is 11.5 Å². The maximum Gasteiger partial charge on any atom is 0.243 e. The highest BCUT2D eigenvalue weighted by atomic mass is 16.5. The van der Waals surface area contributed by atoms with Gasteiger partial charge in [-0.15, -0.1) is 0 Å². The molecule has 2 N–H and O–H groups in total. The van der Waals surface area contributed by atoms with Crippen LogP contribution in [0.4, 0.5) is 0 Å². The standard InChI is InChI=1S/C15H21N3O/c1-5-12(16)14-17-13(18-19-14)10-6-8-11(9-7-10)15(2,3)4/h6-9,12H,5,16H2,1-4H3. The van der Waals surface area contributed by atoms with Gasteiger partial charge in [-0.2, -0.15) is 4.98 Å². The van der Waals surface area contributed by atoms with Gasteiger partial charge < -0.3 is 10.3 Å². The van der Waals surface area contributed by atoms with Gasteiger partial charge in [-0.25, -0.2) is 0 Å². The van der Waals surface area contributed by atoms with Gasteiger partial charge in [0.2, 0.25) is 11.7 Å². The van der Waals surface area contributed by atoms with E-state index in [4.69, 9.17) is 10.3 Å². The lowest BCUT2D eigenvalue weighted by molar-refractivity contribution is 0.352. The van der Waals surface area contributed by atoms with Crippen LogP contribution in [-0.2, 0) is 5.41 Å². The largest absolute Gasteiger partial charge is 0.337 e. The van der Waals surface area contributed by atoms with E-state index in [0.29, 0.717) is 11.7 Å². The van der Waals surface area contributed by atoms with Gasteiger partial charge in [-0.1, -0.05) is 57.1 Å². The second kappa shape index (κ2) is 5.13. The summed E-state index contributed by atoms with van der Waals surface area (Å²) in [7, 11) is 0. The molecule has 102 valence electrons. The lowest BCUT2D eigenvalue weighted by atomic mass is 9.87. The molecular formula is C15H21N3O. The van der Waals surface area contributed by atoms with E-state index < -0.39 is 0 Å². The van der Waals surface area contributed by atoms with Crippen molar-refractivity contribution in [1.29, 1.82) is 0 Å². The first-order chi connectivity index (χ1) is 8.91. The minimum atomic E-state index is -0.185. The maximum absolute atomic E-state index is 5.87. The van der Waals surface area contributed by atoms with Crippen LogP contribution in [0, 0.1) is 0 Å². The molecule has 19 heavy (non-hydrogen) atoms. The Balaban J connectivity index is 2.25. The molecule has 1 aromatic heterocycles. The first kappa shape index (κ1) is 13.7. The predicted molar refractivity (Wildman–Crippen MR) is 75.7 cm³/mol. The summed E-state index contributed by atoms with van der Waals surface area (Å²) < 4.78 is 5.18. The van der Waals surface area contributed by atoms with Crippen molar-refractivity contribution in [3.05, 3.63) is 35.7 Å². The Bertz CT molecular complexity index is 537. The number of rotatable bonds is 3. The number of hydrogen-bond donors (Lipinski definition) is 1. The van der Waals surface area contributed by atoms with Crippen LogP contribution in [0.5, 0.6) is 0 Å². The lowest BCUT2D eigenvalue weighted by Crippen LogP contribution is -2.10. The number of nitrogens with two attached hydrogens (primary N) is 1. The second-order valence-electron chi connectivity index (χ2n) is 5.80. The van der Waals surface area contributed by atoms with E-state index in [1.165, 1.54) is 5.56 Å². The van der Waals surface area contributed by atoms with Gasteiger partial charge in [0.25, 0.3) is 0 Å². The highest BCUT2D eigenvalue weighted by Gasteiger charge is 2.16. The zero-order valence-corrected chi connectivity index (χ0v) is 12.0. The fraction of sp³-hybridized carbons (Fsp3) is 0.467. The normalized spacial score (nSPS) is 13.5. The van der Waals surface area contributed by atoms with Crippen LogP contribution in [0.15, 0.2) is 28.8 Å². The molecule has 0 amide bonds. The number of nitrogens with zero attached hydrogens (tertiary/aromatic N) is 2. The fourth-order valence-corrected chi connectivity index (χ4v) is 1.80. The summed E-state index contributed by atoms with van der Waals surface area (Å²) in [4.78, 5) is 4.34. The average Bonchev–Trinajstić information content (AvgIpc) is 2.86. The van der Waals surface area contributed by atoms with Gasteiger partial charge in [-0.3, -0.25) is 0 Å². The minimum Gasteiger partial charge on any atom is -0.337 e. The van der Waals surface area contributed by atoms with E-state index in [2.05, 4.69) is 43.0 Å². The minimum absolute atomic E-state index is 0.144. The zero-order chi connectivity index (χ0) is 14.0. The van der Waals surface area contributed by atoms with Gasteiger partial charge in [0.1, 0.15) is 0 Å². The van der Waals surface area contributed by atoms with E-state index in [9.17, 15) is 0 Å². The SMILES string of the molecule is CCC(N)c1nc(-c2ccc(C(C)(C)C)cc2)no1. The second-order valence-corrected chi connectivity index (χ2v) is 5.80. The average molecular weight is 259 g/mol. The Hall–Kier alpha value is -1.68. The Morgan fingerprint density at radius 2 is 1.84 bits per heavy atom. The molecule has 4 nitrogen and oxygen atoms in total. The monoisotopic (exact) mass is 259 g/mol. The van der Waals surface area contributed by atoms with Crippen molar-refractivity contribution in [2.45, 2.75) is 45.6 Å². The van der Waals surface area contributed by atoms with Crippen molar-refractivity contribution in [1.82, 2.24) is 10.1 Å². The summed E-state index contributed by atoms with van der Waals surface area (Å²) in [5.41, 5.74) is 8.25. The van der Waals surface area contributed by atoms with Gasteiger partial charge >= 0.3 is 0 Å². The number of benzene rings is 1. The molecule has 0 spiro atoms. The molecule has 0 aliphatic heterocycles. The van der Waals surface area contributed by atoms with E-state index in [1.807, 2.05) is 19.1 Å². The molecule has 2 aromatic rings. The lowest BCUT2D eigenvalue weighted by Gasteiger charge is -2.18. The first-order valence-electron chi connectivity index (χ1n) is 6.62. The molecule has 1 heterocycles. The van der Waals surface area contributed by atoms with Gasteiger partial charge in [0.05, 0.1) is 6.04 Å². The Kier molecular flexibility index (Phi) is 3.71. The molecule has 1 atom stereocenters. The summed E-state index contributed by atoms with van der Waals surface area (Å²) in [6.07, 6.45) is 0.782. The summed E-state index contributed by atoms with van der Waals surface area (Å²) in [5, 5.41) is 3.98. The molecule has 0 bridgehead atoms. The van der Waals surface area contributed by atoms with Crippen LogP contribution >= 0.6 is 0 Å². The van der Waals surface area contributed by atoms with Gasteiger partial charge in [-0.05, 0) is 17.4 Å². The van der Waals surface area contributed by atoms with Crippen LogP contribution in [0.25, 0.3) is 11.4 Å². The van der Waals surface area contributed by atoms with Crippen molar-refractivity contribution in [3.8, 4) is 11.4 Å². The molecule has 1 unspecified atom stereocenters. The molecule has 2 rings (SSSR count). The maximum atomic E-state index is 5.87. The molecule has 0 saturated carbocycles. The van der Waals surface area contributed by atoms with E-state index in [1.54, 1.807) is 0 Å². The molecular weight excluding hydrogens is 238 g/mol.